The van der Waals surface area contributed by atoms with E-state index in [1.54, 1.807) is 11.4 Å². The van der Waals surface area contributed by atoms with E-state index in [4.69, 9.17) is 4.74 Å². The van der Waals surface area contributed by atoms with E-state index in [0.717, 1.165) is 18.9 Å². The Kier molecular flexibility index (Phi) is 8.53. The number of nitrogens with zero attached hydrogens (tertiary/aromatic N) is 3. The topological polar surface area (TPSA) is 74.2 Å². The van der Waals surface area contributed by atoms with Crippen LogP contribution in [0.3, 0.4) is 0 Å². The van der Waals surface area contributed by atoms with Gasteiger partial charge >= 0.3 is 0 Å². The summed E-state index contributed by atoms with van der Waals surface area (Å²) in [5.41, 5.74) is 1.28. The lowest BCUT2D eigenvalue weighted by molar-refractivity contribution is 0.0904. The van der Waals surface area contributed by atoms with Crippen molar-refractivity contribution in [2.24, 2.45) is 4.99 Å². The zero-order chi connectivity index (χ0) is 19.7. The van der Waals surface area contributed by atoms with Crippen LogP contribution in [-0.4, -0.2) is 81.8 Å². The Morgan fingerprint density at radius 3 is 2.44 bits per heavy atom. The van der Waals surface area contributed by atoms with E-state index in [0.29, 0.717) is 26.2 Å². The van der Waals surface area contributed by atoms with E-state index in [9.17, 15) is 8.42 Å². The zero-order valence-corrected chi connectivity index (χ0v) is 17.4. The summed E-state index contributed by atoms with van der Waals surface area (Å²) in [6, 6.07) is 10.3. The smallest absolute Gasteiger partial charge is 0.216 e. The van der Waals surface area contributed by atoms with Gasteiger partial charge in [0.15, 0.2) is 5.96 Å². The van der Waals surface area contributed by atoms with Crippen LogP contribution in [-0.2, 0) is 21.2 Å². The van der Waals surface area contributed by atoms with Gasteiger partial charge in [0.05, 0.1) is 18.5 Å². The molecule has 1 N–H and O–H groups in total. The molecular formula is C19H32N4O3S. The average Bonchev–Trinajstić information content (AvgIpc) is 2.66. The number of guanidine groups is 1. The summed E-state index contributed by atoms with van der Waals surface area (Å²) in [7, 11) is -1.51. The monoisotopic (exact) mass is 396 g/mol. The first kappa shape index (κ1) is 21.7. The molecule has 1 heterocycles. The summed E-state index contributed by atoms with van der Waals surface area (Å²) >= 11 is 0. The SMILES string of the molecule is CN=C(NCCc1ccccc1)N1CCN(S(=O)(=O)CCOC(C)C)CC1. The molecule has 0 unspecified atom stereocenters. The number of rotatable bonds is 8. The first-order valence-electron chi connectivity index (χ1n) is 9.51. The Morgan fingerprint density at radius 1 is 1.19 bits per heavy atom. The van der Waals surface area contributed by atoms with Gasteiger partial charge in [0.25, 0.3) is 0 Å². The number of nitrogens with one attached hydrogen (secondary N) is 1. The van der Waals surface area contributed by atoms with Crippen molar-refractivity contribution in [3.05, 3.63) is 35.9 Å². The summed E-state index contributed by atoms with van der Waals surface area (Å²) < 4.78 is 31.8. The second kappa shape index (κ2) is 10.6. The van der Waals surface area contributed by atoms with E-state index in [2.05, 4.69) is 27.3 Å². The third-order valence-corrected chi connectivity index (χ3v) is 6.31. The standard InChI is InChI=1S/C19H32N4O3S/c1-17(2)26-15-16-27(24,25)23-13-11-22(12-14-23)19(20-3)21-10-9-18-7-5-4-6-8-18/h4-8,17H,9-16H2,1-3H3,(H,20,21). The minimum absolute atomic E-state index is 0.0369. The Hall–Kier alpha value is -1.64. The highest BCUT2D eigenvalue weighted by Gasteiger charge is 2.27. The summed E-state index contributed by atoms with van der Waals surface area (Å²) in [5.74, 6) is 0.862. The highest BCUT2D eigenvalue weighted by Crippen LogP contribution is 2.09. The molecule has 1 aromatic carbocycles. The fourth-order valence-electron chi connectivity index (χ4n) is 2.99. The van der Waals surface area contributed by atoms with Gasteiger partial charge < -0.3 is 15.0 Å². The van der Waals surface area contributed by atoms with Crippen molar-refractivity contribution in [3.8, 4) is 0 Å². The number of hydrogen-bond acceptors (Lipinski definition) is 4. The third-order valence-electron chi connectivity index (χ3n) is 4.48. The molecule has 1 saturated heterocycles. The zero-order valence-electron chi connectivity index (χ0n) is 16.6. The molecule has 0 bridgehead atoms. The summed E-state index contributed by atoms with van der Waals surface area (Å²) in [4.78, 5) is 6.46. The van der Waals surface area contributed by atoms with Crippen molar-refractivity contribution in [3.63, 3.8) is 0 Å². The van der Waals surface area contributed by atoms with E-state index in [1.807, 2.05) is 32.0 Å². The Balaban J connectivity index is 1.77. The molecule has 27 heavy (non-hydrogen) atoms. The molecule has 0 aliphatic carbocycles. The molecule has 1 aliphatic rings. The van der Waals surface area contributed by atoms with Gasteiger partial charge in [-0.2, -0.15) is 4.31 Å². The predicted octanol–water partition coefficient (Wildman–Crippen LogP) is 1.18. The highest BCUT2D eigenvalue weighted by molar-refractivity contribution is 7.89. The largest absolute Gasteiger partial charge is 0.378 e. The van der Waals surface area contributed by atoms with Crippen LogP contribution in [0.4, 0.5) is 0 Å². The number of sulfonamides is 1. The highest BCUT2D eigenvalue weighted by atomic mass is 32.2. The molecule has 0 radical (unpaired) electrons. The van der Waals surface area contributed by atoms with Gasteiger partial charge in [0.1, 0.15) is 0 Å². The normalized spacial score (nSPS) is 16.7. The third kappa shape index (κ3) is 7.12. The van der Waals surface area contributed by atoms with Gasteiger partial charge in [0.2, 0.25) is 10.0 Å². The molecule has 7 nitrogen and oxygen atoms in total. The van der Waals surface area contributed by atoms with Crippen molar-refractivity contribution in [1.29, 1.82) is 0 Å². The summed E-state index contributed by atoms with van der Waals surface area (Å²) in [5, 5.41) is 3.38. The van der Waals surface area contributed by atoms with E-state index < -0.39 is 10.0 Å². The Labute approximate surface area is 163 Å². The lowest BCUT2D eigenvalue weighted by atomic mass is 10.1. The maximum Gasteiger partial charge on any atom is 0.216 e. The molecule has 2 rings (SSSR count). The van der Waals surface area contributed by atoms with E-state index in [-0.39, 0.29) is 18.5 Å². The van der Waals surface area contributed by atoms with Crippen molar-refractivity contribution in [2.45, 2.75) is 26.4 Å². The lowest BCUT2D eigenvalue weighted by Crippen LogP contribution is -2.54. The van der Waals surface area contributed by atoms with Gasteiger partial charge in [-0.25, -0.2) is 8.42 Å². The lowest BCUT2D eigenvalue weighted by Gasteiger charge is -2.35. The first-order valence-corrected chi connectivity index (χ1v) is 11.1. The first-order chi connectivity index (χ1) is 12.9. The summed E-state index contributed by atoms with van der Waals surface area (Å²) in [6.45, 7) is 7.06. The molecule has 1 aliphatic heterocycles. The number of hydrogen-bond donors (Lipinski definition) is 1. The number of piperazine rings is 1. The van der Waals surface area contributed by atoms with E-state index >= 15 is 0 Å². The maximum absolute atomic E-state index is 12.4. The molecular weight excluding hydrogens is 364 g/mol. The predicted molar refractivity (Wildman–Crippen MR) is 110 cm³/mol. The van der Waals surface area contributed by atoms with Crippen LogP contribution in [0.1, 0.15) is 19.4 Å². The molecule has 0 saturated carbocycles. The van der Waals surface area contributed by atoms with Crippen molar-refractivity contribution >= 4 is 16.0 Å². The van der Waals surface area contributed by atoms with Crippen LogP contribution in [0.2, 0.25) is 0 Å². The molecule has 0 spiro atoms. The van der Waals surface area contributed by atoms with Gasteiger partial charge in [-0.15, -0.1) is 0 Å². The molecule has 0 atom stereocenters. The van der Waals surface area contributed by atoms with Crippen LogP contribution in [0.15, 0.2) is 35.3 Å². The van der Waals surface area contributed by atoms with Crippen molar-refractivity contribution in [1.82, 2.24) is 14.5 Å². The maximum atomic E-state index is 12.4. The minimum atomic E-state index is -3.27. The van der Waals surface area contributed by atoms with Crippen molar-refractivity contribution in [2.75, 3.05) is 52.1 Å². The minimum Gasteiger partial charge on any atom is -0.378 e. The van der Waals surface area contributed by atoms with Crippen LogP contribution in [0.25, 0.3) is 0 Å². The Bertz CT molecular complexity index is 684. The van der Waals surface area contributed by atoms with Crippen LogP contribution >= 0.6 is 0 Å². The molecule has 1 fully saturated rings. The van der Waals surface area contributed by atoms with Gasteiger partial charge in [-0.1, -0.05) is 30.3 Å². The fraction of sp³-hybridized carbons (Fsp3) is 0.632. The van der Waals surface area contributed by atoms with E-state index in [1.165, 1.54) is 5.56 Å². The molecule has 0 aromatic heterocycles. The van der Waals surface area contributed by atoms with Gasteiger partial charge in [-0.05, 0) is 25.8 Å². The molecule has 0 amide bonds. The fourth-order valence-corrected chi connectivity index (χ4v) is 4.28. The molecule has 152 valence electrons. The number of aliphatic imine (C=N–C) groups is 1. The van der Waals surface area contributed by atoms with Crippen molar-refractivity contribution < 1.29 is 13.2 Å². The van der Waals surface area contributed by atoms with Crippen LogP contribution < -0.4 is 5.32 Å². The number of benzene rings is 1. The van der Waals surface area contributed by atoms with Gasteiger partial charge in [-0.3, -0.25) is 4.99 Å². The molecule has 1 aromatic rings. The van der Waals surface area contributed by atoms with Crippen LogP contribution in [0, 0.1) is 0 Å². The number of ether oxygens (including phenoxy) is 1. The van der Waals surface area contributed by atoms with Crippen LogP contribution in [0.5, 0.6) is 0 Å². The second-order valence-corrected chi connectivity index (χ2v) is 8.92. The Morgan fingerprint density at radius 2 is 1.85 bits per heavy atom. The second-order valence-electron chi connectivity index (χ2n) is 6.83. The quantitative estimate of drug-likeness (QED) is 0.528. The van der Waals surface area contributed by atoms with Gasteiger partial charge in [0, 0.05) is 39.8 Å². The summed E-state index contributed by atoms with van der Waals surface area (Å²) in [6.07, 6.45) is 0.965. The molecule has 8 heteroatoms. The average molecular weight is 397 g/mol.